The summed E-state index contributed by atoms with van der Waals surface area (Å²) in [6.45, 7) is 0.293. The zero-order chi connectivity index (χ0) is 34.9. The monoisotopic (exact) mass is 669 g/mol. The van der Waals surface area contributed by atoms with Crippen LogP contribution in [0.25, 0.3) is 21.8 Å². The predicted octanol–water partition coefficient (Wildman–Crippen LogP) is 7.30. The first-order valence-corrected chi connectivity index (χ1v) is 15.6. The lowest BCUT2D eigenvalue weighted by atomic mass is 9.84. The van der Waals surface area contributed by atoms with Gasteiger partial charge in [0.1, 0.15) is 17.2 Å². The standard InChI is InChI=1S/C38H34F3N3O5/c1-44-30-12-6-4-9-26(30)35(45)33(37(44)47)32(22-14-16-23(17-15-22)38(39,40)41)34-25(28-21-24(48-2)18-19-29(28)43-34)11-8-20-42-36(46)27-10-5-7-13-31(27)49-3/h4-7,9-10,12-19,21,32,43,45H,8,11,20H2,1-3H3,(H,42,46). The number of H-pyrrole nitrogens is 1. The number of rotatable bonds is 10. The number of aromatic nitrogens is 2. The van der Waals surface area contributed by atoms with E-state index in [-0.39, 0.29) is 17.2 Å². The van der Waals surface area contributed by atoms with Crippen LogP contribution in [-0.4, -0.2) is 41.3 Å². The Kier molecular flexibility index (Phi) is 9.09. The minimum absolute atomic E-state index is 0.0187. The number of fused-ring (bicyclic) bond motifs is 2. The molecule has 0 aliphatic carbocycles. The number of para-hydroxylation sites is 2. The van der Waals surface area contributed by atoms with E-state index in [1.807, 2.05) is 12.1 Å². The number of benzene rings is 4. The molecule has 6 aromatic rings. The van der Waals surface area contributed by atoms with E-state index in [1.54, 1.807) is 68.8 Å². The molecule has 4 aromatic carbocycles. The number of nitrogens with one attached hydrogen (secondary N) is 2. The topological polar surface area (TPSA) is 106 Å². The molecule has 0 aliphatic heterocycles. The van der Waals surface area contributed by atoms with Crippen molar-refractivity contribution in [1.82, 2.24) is 14.9 Å². The lowest BCUT2D eigenvalue weighted by Gasteiger charge is -2.22. The molecule has 49 heavy (non-hydrogen) atoms. The highest BCUT2D eigenvalue weighted by Gasteiger charge is 2.33. The second kappa shape index (κ2) is 13.4. The van der Waals surface area contributed by atoms with E-state index in [4.69, 9.17) is 9.47 Å². The van der Waals surface area contributed by atoms with E-state index in [1.165, 1.54) is 23.8 Å². The molecule has 11 heteroatoms. The van der Waals surface area contributed by atoms with Crippen molar-refractivity contribution >= 4 is 27.7 Å². The molecule has 252 valence electrons. The van der Waals surface area contributed by atoms with Crippen molar-refractivity contribution in [2.24, 2.45) is 7.05 Å². The van der Waals surface area contributed by atoms with Crippen molar-refractivity contribution in [2.45, 2.75) is 24.9 Å². The highest BCUT2D eigenvalue weighted by molar-refractivity contribution is 5.97. The third-order valence-electron chi connectivity index (χ3n) is 8.85. The number of halogens is 3. The van der Waals surface area contributed by atoms with Gasteiger partial charge in [-0.15, -0.1) is 0 Å². The summed E-state index contributed by atoms with van der Waals surface area (Å²) < 4.78 is 53.1. The average Bonchev–Trinajstić information content (AvgIpc) is 3.47. The number of methoxy groups -OCH3 is 2. The van der Waals surface area contributed by atoms with Crippen LogP contribution in [0.3, 0.4) is 0 Å². The maximum Gasteiger partial charge on any atom is 0.416 e. The number of amides is 1. The predicted molar refractivity (Wildman–Crippen MR) is 182 cm³/mol. The van der Waals surface area contributed by atoms with Crippen molar-refractivity contribution in [1.29, 1.82) is 0 Å². The number of carbonyl (C=O) groups is 1. The smallest absolute Gasteiger partial charge is 0.416 e. The second-order valence-electron chi connectivity index (χ2n) is 11.7. The number of aryl methyl sites for hydroxylation is 2. The van der Waals surface area contributed by atoms with Gasteiger partial charge >= 0.3 is 6.18 Å². The Balaban J connectivity index is 1.48. The van der Waals surface area contributed by atoms with Crippen molar-refractivity contribution < 1.29 is 32.5 Å². The quantitative estimate of drug-likeness (QED) is 0.133. The van der Waals surface area contributed by atoms with E-state index in [0.717, 1.165) is 23.1 Å². The molecule has 2 heterocycles. The largest absolute Gasteiger partial charge is 0.507 e. The molecule has 0 radical (unpaired) electrons. The Morgan fingerprint density at radius 1 is 0.939 bits per heavy atom. The normalized spacial score (nSPS) is 12.3. The molecule has 0 aliphatic rings. The van der Waals surface area contributed by atoms with Gasteiger partial charge in [-0.1, -0.05) is 36.4 Å². The fraction of sp³-hybridized carbons (Fsp3) is 0.211. The molecule has 1 amide bonds. The number of aromatic hydroxyl groups is 1. The van der Waals surface area contributed by atoms with E-state index in [0.29, 0.717) is 64.1 Å². The summed E-state index contributed by atoms with van der Waals surface area (Å²) in [4.78, 5) is 30.5. The maximum absolute atomic E-state index is 14.1. The lowest BCUT2D eigenvalue weighted by molar-refractivity contribution is -0.137. The van der Waals surface area contributed by atoms with Crippen LogP contribution < -0.4 is 20.3 Å². The average molecular weight is 670 g/mol. The van der Waals surface area contributed by atoms with Gasteiger partial charge in [-0.2, -0.15) is 13.2 Å². The summed E-state index contributed by atoms with van der Waals surface area (Å²) in [5, 5.41) is 15.9. The van der Waals surface area contributed by atoms with Gasteiger partial charge in [0.25, 0.3) is 11.5 Å². The Morgan fingerprint density at radius 3 is 2.37 bits per heavy atom. The first kappa shape index (κ1) is 33.2. The van der Waals surface area contributed by atoms with Crippen LogP contribution in [0.15, 0.2) is 95.8 Å². The van der Waals surface area contributed by atoms with Gasteiger partial charge in [0.15, 0.2) is 0 Å². The number of hydrogen-bond acceptors (Lipinski definition) is 5. The summed E-state index contributed by atoms with van der Waals surface area (Å²) in [6.07, 6.45) is -3.69. The molecule has 2 aromatic heterocycles. The van der Waals surface area contributed by atoms with Gasteiger partial charge in [0.2, 0.25) is 0 Å². The number of alkyl halides is 3. The highest BCUT2D eigenvalue weighted by Crippen LogP contribution is 2.42. The molecule has 0 spiro atoms. The second-order valence-corrected chi connectivity index (χ2v) is 11.7. The zero-order valence-electron chi connectivity index (χ0n) is 27.0. The zero-order valence-corrected chi connectivity index (χ0v) is 27.0. The number of ether oxygens (including phenoxy) is 2. The van der Waals surface area contributed by atoms with Crippen LogP contribution in [0.1, 0.15) is 50.6 Å². The Labute approximate surface area is 279 Å². The molecule has 1 unspecified atom stereocenters. The summed E-state index contributed by atoms with van der Waals surface area (Å²) in [5.41, 5.74) is 1.97. The van der Waals surface area contributed by atoms with Crippen LogP contribution in [-0.2, 0) is 19.6 Å². The minimum atomic E-state index is -4.56. The van der Waals surface area contributed by atoms with Crippen LogP contribution in [0.2, 0.25) is 0 Å². The van der Waals surface area contributed by atoms with Crippen molar-refractivity contribution in [3.63, 3.8) is 0 Å². The van der Waals surface area contributed by atoms with E-state index >= 15 is 0 Å². The molecule has 3 N–H and O–H groups in total. The van der Waals surface area contributed by atoms with Crippen LogP contribution >= 0.6 is 0 Å². The van der Waals surface area contributed by atoms with E-state index in [2.05, 4.69) is 10.3 Å². The lowest BCUT2D eigenvalue weighted by Crippen LogP contribution is -2.26. The summed E-state index contributed by atoms with van der Waals surface area (Å²) >= 11 is 0. The Hall–Kier alpha value is -5.71. The number of hydrogen-bond donors (Lipinski definition) is 3. The molecule has 0 bridgehead atoms. The first-order chi connectivity index (χ1) is 23.5. The van der Waals surface area contributed by atoms with Gasteiger partial charge in [-0.05, 0) is 78.6 Å². The van der Waals surface area contributed by atoms with E-state index in [9.17, 15) is 27.9 Å². The van der Waals surface area contributed by atoms with Gasteiger partial charge in [-0.25, -0.2) is 0 Å². The first-order valence-electron chi connectivity index (χ1n) is 15.6. The van der Waals surface area contributed by atoms with Crippen LogP contribution in [0.4, 0.5) is 13.2 Å². The summed E-state index contributed by atoms with van der Waals surface area (Å²) in [7, 11) is 4.63. The van der Waals surface area contributed by atoms with Crippen LogP contribution in [0, 0.1) is 0 Å². The fourth-order valence-corrected chi connectivity index (χ4v) is 6.39. The summed E-state index contributed by atoms with van der Waals surface area (Å²) in [5.74, 6) is -0.510. The molecule has 0 saturated heterocycles. The molecule has 1 atom stereocenters. The minimum Gasteiger partial charge on any atom is -0.507 e. The molecule has 8 nitrogen and oxygen atoms in total. The maximum atomic E-state index is 14.1. The number of aromatic amines is 1. The molecule has 0 saturated carbocycles. The summed E-state index contributed by atoms with van der Waals surface area (Å²) in [6, 6.07) is 23.9. The van der Waals surface area contributed by atoms with Crippen molar-refractivity contribution in [3.8, 4) is 17.2 Å². The molecule has 0 fully saturated rings. The SMILES string of the molecule is COc1ccc2[nH]c(C(c3ccc(C(F)(F)F)cc3)c3c(O)c4ccccc4n(C)c3=O)c(CCCNC(=O)c3ccccc3OC)c2c1. The van der Waals surface area contributed by atoms with E-state index < -0.39 is 23.2 Å². The van der Waals surface area contributed by atoms with Gasteiger partial charge in [-0.3, -0.25) is 9.59 Å². The van der Waals surface area contributed by atoms with Gasteiger partial charge in [0.05, 0.1) is 42.3 Å². The Bertz CT molecular complexity index is 2220. The van der Waals surface area contributed by atoms with Crippen molar-refractivity contribution in [2.75, 3.05) is 20.8 Å². The Morgan fingerprint density at radius 2 is 1.65 bits per heavy atom. The van der Waals surface area contributed by atoms with Gasteiger partial charge < -0.3 is 29.4 Å². The van der Waals surface area contributed by atoms with Crippen molar-refractivity contribution in [3.05, 3.63) is 135 Å². The molecule has 6 rings (SSSR count). The number of pyridine rings is 1. The third-order valence-corrected chi connectivity index (χ3v) is 8.85. The number of nitrogens with zero attached hydrogens (tertiary/aromatic N) is 1. The van der Waals surface area contributed by atoms with Gasteiger partial charge in [0, 0.05) is 35.6 Å². The molecular weight excluding hydrogens is 635 g/mol. The molecular formula is C38H34F3N3O5. The third kappa shape index (κ3) is 6.31. The fourth-order valence-electron chi connectivity index (χ4n) is 6.39. The van der Waals surface area contributed by atoms with Crippen LogP contribution in [0.5, 0.6) is 17.2 Å². The highest BCUT2D eigenvalue weighted by atomic mass is 19.4. The number of carbonyl (C=O) groups excluding carboxylic acids is 1.